The first-order valence-corrected chi connectivity index (χ1v) is 8.07. The number of hydrogen-bond acceptors (Lipinski definition) is 2. The van der Waals surface area contributed by atoms with Gasteiger partial charge in [-0.25, -0.2) is 0 Å². The molecule has 0 bridgehead atoms. The Kier molecular flexibility index (Phi) is 4.77. The highest BCUT2D eigenvalue weighted by Crippen LogP contribution is 2.28. The largest absolute Gasteiger partial charge is 0.486 e. The van der Waals surface area contributed by atoms with Crippen molar-refractivity contribution in [3.63, 3.8) is 0 Å². The maximum absolute atomic E-state index is 6.22. The second-order valence-corrected chi connectivity index (χ2v) is 5.73. The molecule has 0 aliphatic carbocycles. The Labute approximate surface area is 137 Å². The van der Waals surface area contributed by atoms with Crippen molar-refractivity contribution in [1.29, 1.82) is 0 Å². The zero-order valence-corrected chi connectivity index (χ0v) is 13.6. The molecule has 1 aromatic heterocycles. The molecule has 0 aliphatic rings. The molecule has 0 amide bonds. The summed E-state index contributed by atoms with van der Waals surface area (Å²) in [5.74, 6) is 0.903. The normalized spacial score (nSPS) is 12.1. The molecular formula is C20H22N2O. The number of nitrogens with zero attached hydrogens (tertiary/aromatic N) is 2. The standard InChI is InChI=1S/C20H22N2O/c1-3-7-20(17-8-5-4-6-9-17)23-19-12-10-16(11-13-19)18-14-21-22(2)15-18/h4-6,8-15,20H,3,7H2,1-2H3. The summed E-state index contributed by atoms with van der Waals surface area (Å²) in [6.45, 7) is 2.19. The number of rotatable bonds is 6. The van der Waals surface area contributed by atoms with Crippen LogP contribution in [-0.2, 0) is 7.05 Å². The summed E-state index contributed by atoms with van der Waals surface area (Å²) in [6, 6.07) is 18.7. The third-order valence-corrected chi connectivity index (χ3v) is 3.89. The van der Waals surface area contributed by atoms with Gasteiger partial charge in [0.15, 0.2) is 0 Å². The monoisotopic (exact) mass is 306 g/mol. The van der Waals surface area contributed by atoms with E-state index < -0.39 is 0 Å². The van der Waals surface area contributed by atoms with Crippen molar-refractivity contribution in [2.75, 3.05) is 0 Å². The van der Waals surface area contributed by atoms with Gasteiger partial charge in [-0.1, -0.05) is 55.8 Å². The van der Waals surface area contributed by atoms with Crippen molar-refractivity contribution in [1.82, 2.24) is 9.78 Å². The van der Waals surface area contributed by atoms with E-state index in [1.807, 2.05) is 42.3 Å². The lowest BCUT2D eigenvalue weighted by atomic mass is 10.0. The second kappa shape index (κ2) is 7.14. The molecule has 0 N–H and O–H groups in total. The predicted molar refractivity (Wildman–Crippen MR) is 93.4 cm³/mol. The predicted octanol–water partition coefficient (Wildman–Crippen LogP) is 5.01. The molecule has 3 aromatic rings. The van der Waals surface area contributed by atoms with E-state index in [1.54, 1.807) is 0 Å². The van der Waals surface area contributed by atoms with Crippen LogP contribution in [0.4, 0.5) is 0 Å². The van der Waals surface area contributed by atoms with Crippen LogP contribution < -0.4 is 4.74 Å². The van der Waals surface area contributed by atoms with Crippen LogP contribution in [0.1, 0.15) is 31.4 Å². The molecule has 0 radical (unpaired) electrons. The second-order valence-electron chi connectivity index (χ2n) is 5.73. The average Bonchev–Trinajstić information content (AvgIpc) is 3.02. The molecule has 1 unspecified atom stereocenters. The first-order valence-electron chi connectivity index (χ1n) is 8.07. The Bertz CT molecular complexity index is 732. The third-order valence-electron chi connectivity index (χ3n) is 3.89. The first kappa shape index (κ1) is 15.3. The van der Waals surface area contributed by atoms with Crippen LogP contribution in [0, 0.1) is 0 Å². The van der Waals surface area contributed by atoms with Gasteiger partial charge in [0, 0.05) is 18.8 Å². The molecule has 0 saturated carbocycles. The molecule has 0 fully saturated rings. The van der Waals surface area contributed by atoms with Crippen LogP contribution in [0.15, 0.2) is 67.0 Å². The van der Waals surface area contributed by atoms with Crippen molar-refractivity contribution < 1.29 is 4.74 Å². The minimum absolute atomic E-state index is 0.102. The van der Waals surface area contributed by atoms with Crippen molar-refractivity contribution in [2.24, 2.45) is 7.05 Å². The van der Waals surface area contributed by atoms with E-state index in [0.717, 1.165) is 29.7 Å². The van der Waals surface area contributed by atoms with Gasteiger partial charge in [-0.2, -0.15) is 5.10 Å². The van der Waals surface area contributed by atoms with Gasteiger partial charge in [0.05, 0.1) is 6.20 Å². The topological polar surface area (TPSA) is 27.1 Å². The van der Waals surface area contributed by atoms with Crippen LogP contribution in [0.3, 0.4) is 0 Å². The van der Waals surface area contributed by atoms with E-state index in [9.17, 15) is 0 Å². The maximum atomic E-state index is 6.22. The molecular weight excluding hydrogens is 284 g/mol. The Morgan fingerprint density at radius 1 is 1.00 bits per heavy atom. The molecule has 0 saturated heterocycles. The molecule has 2 aromatic carbocycles. The number of hydrogen-bond donors (Lipinski definition) is 0. The van der Waals surface area contributed by atoms with Gasteiger partial charge in [-0.15, -0.1) is 0 Å². The highest BCUT2D eigenvalue weighted by molar-refractivity contribution is 5.62. The Morgan fingerprint density at radius 2 is 1.74 bits per heavy atom. The van der Waals surface area contributed by atoms with Gasteiger partial charge < -0.3 is 4.74 Å². The maximum Gasteiger partial charge on any atom is 0.124 e. The molecule has 0 spiro atoms. The van der Waals surface area contributed by atoms with Crippen LogP contribution in [-0.4, -0.2) is 9.78 Å². The summed E-state index contributed by atoms with van der Waals surface area (Å²) in [5.41, 5.74) is 3.50. The summed E-state index contributed by atoms with van der Waals surface area (Å²) in [4.78, 5) is 0. The summed E-state index contributed by atoms with van der Waals surface area (Å²) in [6.07, 6.45) is 6.09. The van der Waals surface area contributed by atoms with Crippen molar-refractivity contribution in [3.8, 4) is 16.9 Å². The fraction of sp³-hybridized carbons (Fsp3) is 0.250. The van der Waals surface area contributed by atoms with E-state index in [1.165, 1.54) is 5.56 Å². The zero-order chi connectivity index (χ0) is 16.1. The number of aryl methyl sites for hydroxylation is 1. The fourth-order valence-corrected chi connectivity index (χ4v) is 2.68. The lowest BCUT2D eigenvalue weighted by Crippen LogP contribution is -2.07. The molecule has 1 atom stereocenters. The number of benzene rings is 2. The smallest absolute Gasteiger partial charge is 0.124 e. The van der Waals surface area contributed by atoms with E-state index >= 15 is 0 Å². The number of ether oxygens (including phenoxy) is 1. The minimum atomic E-state index is 0.102. The van der Waals surface area contributed by atoms with Crippen LogP contribution >= 0.6 is 0 Å². The van der Waals surface area contributed by atoms with Crippen molar-refractivity contribution in [2.45, 2.75) is 25.9 Å². The van der Waals surface area contributed by atoms with Gasteiger partial charge in [0.1, 0.15) is 11.9 Å². The number of aromatic nitrogens is 2. The molecule has 3 heteroatoms. The highest BCUT2D eigenvalue weighted by Gasteiger charge is 2.12. The third kappa shape index (κ3) is 3.81. The highest BCUT2D eigenvalue weighted by atomic mass is 16.5. The molecule has 118 valence electrons. The van der Waals surface area contributed by atoms with Crippen molar-refractivity contribution in [3.05, 3.63) is 72.6 Å². The summed E-state index contributed by atoms with van der Waals surface area (Å²) in [7, 11) is 1.93. The molecule has 3 nitrogen and oxygen atoms in total. The van der Waals surface area contributed by atoms with Gasteiger partial charge in [-0.3, -0.25) is 4.68 Å². The van der Waals surface area contributed by atoms with Crippen LogP contribution in [0.5, 0.6) is 5.75 Å². The molecule has 3 rings (SSSR count). The first-order chi connectivity index (χ1) is 11.3. The van der Waals surface area contributed by atoms with E-state index in [4.69, 9.17) is 4.74 Å². The van der Waals surface area contributed by atoms with Crippen LogP contribution in [0.2, 0.25) is 0 Å². The zero-order valence-electron chi connectivity index (χ0n) is 13.6. The van der Waals surface area contributed by atoms with Gasteiger partial charge in [0.25, 0.3) is 0 Å². The van der Waals surface area contributed by atoms with E-state index in [0.29, 0.717) is 0 Å². The SMILES string of the molecule is CCCC(Oc1ccc(-c2cnn(C)c2)cc1)c1ccccc1. The lowest BCUT2D eigenvalue weighted by molar-refractivity contribution is 0.194. The summed E-state index contributed by atoms with van der Waals surface area (Å²) in [5, 5.41) is 4.21. The molecule has 23 heavy (non-hydrogen) atoms. The van der Waals surface area contributed by atoms with E-state index in [2.05, 4.69) is 48.4 Å². The minimum Gasteiger partial charge on any atom is -0.486 e. The van der Waals surface area contributed by atoms with Crippen LogP contribution in [0.25, 0.3) is 11.1 Å². The van der Waals surface area contributed by atoms with Gasteiger partial charge in [0.2, 0.25) is 0 Å². The summed E-state index contributed by atoms with van der Waals surface area (Å²) < 4.78 is 8.03. The Hall–Kier alpha value is -2.55. The van der Waals surface area contributed by atoms with Gasteiger partial charge in [-0.05, 0) is 29.7 Å². The summed E-state index contributed by atoms with van der Waals surface area (Å²) >= 11 is 0. The fourth-order valence-electron chi connectivity index (χ4n) is 2.68. The molecule has 1 heterocycles. The van der Waals surface area contributed by atoms with Crippen molar-refractivity contribution >= 4 is 0 Å². The quantitative estimate of drug-likeness (QED) is 0.640. The van der Waals surface area contributed by atoms with Gasteiger partial charge >= 0.3 is 0 Å². The lowest BCUT2D eigenvalue weighted by Gasteiger charge is -2.19. The van der Waals surface area contributed by atoms with E-state index in [-0.39, 0.29) is 6.10 Å². The average molecular weight is 306 g/mol. The molecule has 0 aliphatic heterocycles. The Morgan fingerprint density at radius 3 is 2.35 bits per heavy atom. The Balaban J connectivity index is 1.76.